The van der Waals surface area contributed by atoms with E-state index in [1.807, 2.05) is 120 Å². The van der Waals surface area contributed by atoms with E-state index in [2.05, 4.69) is 93.5 Å². The molecule has 4 saturated carbocycles. The van der Waals surface area contributed by atoms with Crippen LogP contribution in [-0.4, -0.2) is 268 Å². The summed E-state index contributed by atoms with van der Waals surface area (Å²) in [4.78, 5) is 127. The van der Waals surface area contributed by atoms with Crippen LogP contribution in [0.3, 0.4) is 0 Å². The van der Waals surface area contributed by atoms with Crippen LogP contribution in [0.2, 0.25) is 0 Å². The number of amides is 6. The highest BCUT2D eigenvalue weighted by atomic mass is 16.3. The number of aromatic nitrogens is 8. The van der Waals surface area contributed by atoms with E-state index in [1.54, 1.807) is 42.5 Å². The van der Waals surface area contributed by atoms with Crippen LogP contribution in [0.25, 0.3) is 22.5 Å². The van der Waals surface area contributed by atoms with Crippen molar-refractivity contribution in [1.82, 2.24) is 81.2 Å². The van der Waals surface area contributed by atoms with Crippen molar-refractivity contribution in [1.29, 1.82) is 0 Å². The number of phenolic OH excluding ortho intramolecular Hbond substituents is 2. The topological polar surface area (TPSA) is 385 Å². The summed E-state index contributed by atoms with van der Waals surface area (Å²) in [5, 5.41) is 81.1. The van der Waals surface area contributed by atoms with Crippen molar-refractivity contribution in [2.24, 2.45) is 33.5 Å². The number of nitrogens with zero attached hydrogens (tertiary/aromatic N) is 16. The second-order valence-corrected chi connectivity index (χ2v) is 43.9. The van der Waals surface area contributed by atoms with E-state index < -0.39 is 70.8 Å². The Labute approximate surface area is 819 Å². The number of β-amino-alcohol motifs (C(OH)–C–C–N with tert-alkyl or cyclic N) is 2. The molecular formula is C108H132N22O10. The van der Waals surface area contributed by atoms with Crippen molar-refractivity contribution in [2.45, 2.75) is 242 Å². The zero-order valence-corrected chi connectivity index (χ0v) is 81.0. The molecule has 32 heteroatoms. The number of aromatic hydroxyl groups is 2. The first-order valence-electron chi connectivity index (χ1n) is 50.8. The molecule has 12 heterocycles. The van der Waals surface area contributed by atoms with Gasteiger partial charge >= 0.3 is 0 Å². The summed E-state index contributed by atoms with van der Waals surface area (Å²) in [5.41, 5.74) is 8.71. The molecule has 10 fully saturated rings. The Bertz CT molecular complexity index is 6000. The van der Waals surface area contributed by atoms with Crippen LogP contribution in [0, 0.1) is 58.2 Å². The lowest BCUT2D eigenvalue weighted by atomic mass is 9.56. The first-order chi connectivity index (χ1) is 67.6. The predicted octanol–water partition coefficient (Wildman–Crippen LogP) is 9.67. The number of aliphatic hydroxyl groups excluding tert-OH is 2. The fraction of sp³-hybridized carbons (Fsp3) is 0.537. The number of benzene rings is 4. The number of carbonyl (C=O) groups excluding carboxylic acids is 6. The van der Waals surface area contributed by atoms with Crippen molar-refractivity contribution in [3.8, 4) is 58.7 Å². The summed E-state index contributed by atoms with van der Waals surface area (Å²) in [6, 6.07) is 28.2. The minimum Gasteiger partial charge on any atom is -0.507 e. The molecule has 0 unspecified atom stereocenters. The quantitative estimate of drug-likeness (QED) is 0.0266. The molecule has 4 aliphatic carbocycles. The molecule has 12 aliphatic rings. The molecule has 6 saturated heterocycles. The molecule has 734 valence electrons. The highest BCUT2D eigenvalue weighted by molar-refractivity contribution is 5.95. The second-order valence-electron chi connectivity index (χ2n) is 43.9. The van der Waals surface area contributed by atoms with Gasteiger partial charge < -0.3 is 91.5 Å². The number of rotatable bonds is 23. The number of piperidine rings is 2. The largest absolute Gasteiger partial charge is 0.507 e. The fourth-order valence-electron chi connectivity index (χ4n) is 25.1. The monoisotopic (exact) mass is 1900 g/mol. The number of hydrogen-bond acceptors (Lipinski definition) is 26. The van der Waals surface area contributed by atoms with E-state index in [0.717, 1.165) is 202 Å². The summed E-state index contributed by atoms with van der Waals surface area (Å²) in [6.45, 7) is 19.5. The Kier molecular flexibility index (Phi) is 26.8. The van der Waals surface area contributed by atoms with E-state index in [4.69, 9.17) is 32.8 Å². The molecule has 8 aromatic rings. The third-order valence-electron chi connectivity index (χ3n) is 33.4. The van der Waals surface area contributed by atoms with Gasteiger partial charge in [-0.15, -0.1) is 33.2 Å². The van der Waals surface area contributed by atoms with Crippen molar-refractivity contribution >= 4 is 70.4 Å². The number of terminal acetylenes is 2. The van der Waals surface area contributed by atoms with Gasteiger partial charge in [0.25, 0.3) is 0 Å². The van der Waals surface area contributed by atoms with Gasteiger partial charge in [0.05, 0.1) is 47.1 Å². The summed E-state index contributed by atoms with van der Waals surface area (Å²) < 4.78 is 0. The number of hydrogen-bond donors (Lipinski definition) is 10. The normalized spacial score (nSPS) is 26.4. The van der Waals surface area contributed by atoms with Crippen molar-refractivity contribution < 1.29 is 49.2 Å². The Morgan fingerprint density at radius 1 is 0.486 bits per heavy atom. The van der Waals surface area contributed by atoms with Crippen LogP contribution in [0.1, 0.15) is 201 Å². The summed E-state index contributed by atoms with van der Waals surface area (Å²) >= 11 is 0. The van der Waals surface area contributed by atoms with E-state index in [-0.39, 0.29) is 104 Å². The summed E-state index contributed by atoms with van der Waals surface area (Å²) in [5.74, 6) is 6.60. The van der Waals surface area contributed by atoms with Crippen molar-refractivity contribution in [3.05, 3.63) is 167 Å². The van der Waals surface area contributed by atoms with E-state index in [9.17, 15) is 34.8 Å². The van der Waals surface area contributed by atoms with Gasteiger partial charge in [0, 0.05) is 162 Å². The second kappa shape index (κ2) is 39.5. The van der Waals surface area contributed by atoms with Crippen LogP contribution < -0.4 is 51.5 Å². The molecule has 0 bridgehead atoms. The maximum Gasteiger partial charge on any atom is 0.246 e. The van der Waals surface area contributed by atoms with Crippen molar-refractivity contribution in [2.75, 3.05) is 122 Å². The summed E-state index contributed by atoms with van der Waals surface area (Å²) in [7, 11) is 0. The van der Waals surface area contributed by atoms with E-state index >= 15 is 14.4 Å². The highest BCUT2D eigenvalue weighted by Crippen LogP contribution is 2.57. The molecule has 8 atom stereocenters. The minimum atomic E-state index is -1.19. The first kappa shape index (κ1) is 94.9. The molecule has 140 heavy (non-hydrogen) atoms. The molecule has 0 radical (unpaired) electrons. The number of phenols is 2. The van der Waals surface area contributed by atoms with Gasteiger partial charge in [-0.05, 0) is 251 Å². The Morgan fingerprint density at radius 2 is 0.914 bits per heavy atom. The number of para-hydroxylation sites is 2. The fourth-order valence-corrected chi connectivity index (χ4v) is 25.1. The van der Waals surface area contributed by atoms with Crippen LogP contribution in [0.15, 0.2) is 128 Å². The summed E-state index contributed by atoms with van der Waals surface area (Å²) in [6.07, 6.45) is 33.1. The molecule has 10 N–H and O–H groups in total. The molecule has 6 amide bonds. The number of piperazine rings is 2. The van der Waals surface area contributed by atoms with E-state index in [1.165, 1.54) is 20.9 Å². The lowest BCUT2D eigenvalue weighted by Gasteiger charge is -2.55. The molecule has 32 nitrogen and oxygen atoms in total. The molecule has 4 aromatic carbocycles. The van der Waals surface area contributed by atoms with Crippen LogP contribution in [0.5, 0.6) is 11.5 Å². The number of anilines is 6. The number of fused-ring (bicyclic) bond motifs is 6. The minimum absolute atomic E-state index is 0.000253. The SMILES string of the molecule is C#Cc1ccc(CNC(=O)[C@@H]2C[C@@H](O)CN2C(=O)[C@@H](NC(=O)C2CCC3(CC2)CC(N2CCC(c4cnc(N5CCN6c7cc(-c8ccccc8O)nnc7NC[C@H]6C5)nc4)CC2)C3)C(C)(C)Cc2cc(CNC(=O)[C@@H]3C[C@@H](O)CN3C(=O)[C@@H](NC(=O)C3CCC4(CC3)CC(N3CCC(c5cnc(N6CCN7c8cc(-c9ccccc9O)nnc8NC[C@H]7C6)nc5)CC3)C4)C(C)(C)C)ccc2C#C)cc1. The first-order valence-corrected chi connectivity index (χ1v) is 50.8. The van der Waals surface area contributed by atoms with Gasteiger partial charge in [0.1, 0.15) is 35.7 Å². The Morgan fingerprint density at radius 3 is 1.35 bits per heavy atom. The van der Waals surface area contributed by atoms with Crippen LogP contribution >= 0.6 is 0 Å². The third-order valence-corrected chi connectivity index (χ3v) is 33.4. The molecule has 8 aliphatic heterocycles. The molecule has 20 rings (SSSR count). The zero-order chi connectivity index (χ0) is 97.0. The molecular weight excluding hydrogens is 1770 g/mol. The Balaban J connectivity index is 0.424. The zero-order valence-electron chi connectivity index (χ0n) is 81.0. The van der Waals surface area contributed by atoms with Gasteiger partial charge in [-0.3, -0.25) is 28.8 Å². The average molecular weight is 1900 g/mol. The standard InChI is InChI=1S/C108H132N22O10/c1-8-66-18-20-67(21-19-66)54-111-99(137)90-46-82(132)65-130(90)102(140)94(118-98(136)73-26-34-108(35-27-73)52-78(53-108)124-38-30-71(31-39-124)76-58-115-104(116-59-76)126-41-43-128-80(63-126)61-110-96-88(128)48-86(120-122-96)84-15-11-13-17-92(84)134)106(6,7)49-74-44-68(22-23-69(74)9-2)55-112-100(138)89-45-81(131)64-129(89)101(139)93(105(3,4)5)117-97(135)72-24-32-107(33-25-72)50-77(51-107)123-36-28-70(29-37-123)75-56-113-103(114-57-75)125-40-42-127-79(62-125)60-109-95-87(127)47-85(119-121-95)83-14-10-12-16-91(83)133/h1-2,10-23,44,47-48,56-59,70-73,77-82,89-90,93-94,131-134H,24-43,45-46,49-55,60-65H2,3-7H3,(H,109,121)(H,110,122)(H,111,137)(H,112,138)(H,117,135)(H,118,136)/t72?,73?,77?,78?,79-,80-,81+,82+,89-,90-,93+,94+,107?,108?/m0/s1. The predicted molar refractivity (Wildman–Crippen MR) is 533 cm³/mol. The van der Waals surface area contributed by atoms with Crippen LogP contribution in [-0.2, 0) is 48.3 Å². The maximum atomic E-state index is 15.7. The lowest BCUT2D eigenvalue weighted by Crippen LogP contribution is -2.60. The molecule has 4 aromatic heterocycles. The smallest absolute Gasteiger partial charge is 0.246 e. The van der Waals surface area contributed by atoms with E-state index in [0.29, 0.717) is 88.1 Å². The van der Waals surface area contributed by atoms with Crippen molar-refractivity contribution in [3.63, 3.8) is 0 Å². The van der Waals surface area contributed by atoms with Crippen LogP contribution in [0.4, 0.5) is 34.9 Å². The average Bonchev–Trinajstić information content (AvgIpc) is 0.859. The Hall–Kier alpha value is -12.6. The third kappa shape index (κ3) is 19.8. The number of carbonyl (C=O) groups is 6. The van der Waals surface area contributed by atoms with Gasteiger partial charge in [-0.1, -0.05) is 95.0 Å². The maximum absolute atomic E-state index is 15.7. The van der Waals surface area contributed by atoms with Gasteiger partial charge in [0.2, 0.25) is 47.3 Å². The number of likely N-dealkylation sites (tertiary alicyclic amines) is 4. The lowest BCUT2D eigenvalue weighted by molar-refractivity contribution is -0.145. The molecule has 2 spiro atoms. The van der Waals surface area contributed by atoms with Gasteiger partial charge in [-0.2, -0.15) is 0 Å². The number of aliphatic hydroxyl groups is 2. The van der Waals surface area contributed by atoms with Gasteiger partial charge in [0.15, 0.2) is 11.6 Å². The highest BCUT2D eigenvalue weighted by Gasteiger charge is 2.54. The number of nitrogens with one attached hydrogen (secondary N) is 6. The van der Waals surface area contributed by atoms with Gasteiger partial charge in [-0.25, -0.2) is 19.9 Å².